The maximum absolute atomic E-state index is 12.0. The molecule has 1 amide bonds. The second-order valence-electron chi connectivity index (χ2n) is 4.46. The third kappa shape index (κ3) is 2.79. The van der Waals surface area contributed by atoms with Crippen molar-refractivity contribution < 1.29 is 4.79 Å². The molecule has 1 saturated heterocycles. The Hall–Kier alpha value is -0.770. The minimum atomic E-state index is 0.110. The summed E-state index contributed by atoms with van der Waals surface area (Å²) in [4.78, 5) is 13.9. The number of nitrogens with two attached hydrogens (primary N) is 1. The number of halogens is 2. The first-order valence-corrected chi connectivity index (χ1v) is 6.83. The van der Waals surface area contributed by atoms with Crippen LogP contribution < -0.4 is 5.73 Å². The summed E-state index contributed by atoms with van der Waals surface area (Å²) in [6.45, 7) is 1.19. The molecule has 0 radical (unpaired) electrons. The van der Waals surface area contributed by atoms with E-state index < -0.39 is 0 Å². The summed E-state index contributed by atoms with van der Waals surface area (Å²) in [5.74, 6) is 0.117. The lowest BCUT2D eigenvalue weighted by Gasteiger charge is -2.25. The number of hydrogen-bond donors (Lipinski definition) is 1. The van der Waals surface area contributed by atoms with Crippen molar-refractivity contribution >= 4 is 29.1 Å². The van der Waals surface area contributed by atoms with Crippen LogP contribution in [0.1, 0.15) is 30.9 Å². The zero-order chi connectivity index (χ0) is 13.1. The summed E-state index contributed by atoms with van der Waals surface area (Å²) < 4.78 is 0. The molecule has 1 aliphatic rings. The predicted octanol–water partition coefficient (Wildman–Crippen LogP) is 3.01. The second kappa shape index (κ2) is 5.91. The Bertz CT molecular complexity index is 451. The minimum absolute atomic E-state index is 0.110. The number of carbonyl (C=O) groups is 1. The maximum atomic E-state index is 12.0. The van der Waals surface area contributed by atoms with Crippen molar-refractivity contribution in [2.24, 2.45) is 5.73 Å². The largest absolute Gasteiger partial charge is 0.336 e. The van der Waals surface area contributed by atoms with Crippen LogP contribution in [-0.2, 0) is 4.79 Å². The highest BCUT2D eigenvalue weighted by Crippen LogP contribution is 2.35. The minimum Gasteiger partial charge on any atom is -0.336 e. The fourth-order valence-corrected chi connectivity index (χ4v) is 2.71. The summed E-state index contributed by atoms with van der Waals surface area (Å²) in [5.41, 5.74) is 6.49. The van der Waals surface area contributed by atoms with Gasteiger partial charge in [0.25, 0.3) is 0 Å². The molecular formula is C13H16Cl2N2O. The third-order valence-electron chi connectivity index (χ3n) is 3.26. The predicted molar refractivity (Wildman–Crippen MR) is 73.8 cm³/mol. The summed E-state index contributed by atoms with van der Waals surface area (Å²) >= 11 is 11.9. The van der Waals surface area contributed by atoms with E-state index >= 15 is 0 Å². The highest BCUT2D eigenvalue weighted by molar-refractivity contribution is 6.42. The van der Waals surface area contributed by atoms with Crippen LogP contribution in [0.3, 0.4) is 0 Å². The number of likely N-dealkylation sites (tertiary alicyclic amines) is 1. The van der Waals surface area contributed by atoms with E-state index in [4.69, 9.17) is 28.9 Å². The molecule has 0 aromatic heterocycles. The fraction of sp³-hybridized carbons (Fsp3) is 0.462. The molecule has 1 unspecified atom stereocenters. The molecule has 2 rings (SSSR count). The zero-order valence-corrected chi connectivity index (χ0v) is 11.5. The van der Waals surface area contributed by atoms with E-state index in [9.17, 15) is 4.79 Å². The molecule has 1 heterocycles. The molecule has 1 aliphatic heterocycles. The Morgan fingerprint density at radius 2 is 2.17 bits per heavy atom. The molecule has 1 atom stereocenters. The van der Waals surface area contributed by atoms with Crippen molar-refractivity contribution in [3.63, 3.8) is 0 Å². The molecule has 2 N–H and O–H groups in total. The van der Waals surface area contributed by atoms with Gasteiger partial charge in [0.05, 0.1) is 16.1 Å². The van der Waals surface area contributed by atoms with Gasteiger partial charge < -0.3 is 10.6 Å². The number of hydrogen-bond acceptors (Lipinski definition) is 2. The van der Waals surface area contributed by atoms with Gasteiger partial charge in [0.15, 0.2) is 0 Å². The number of nitrogens with zero attached hydrogens (tertiary/aromatic N) is 1. The lowest BCUT2D eigenvalue weighted by molar-refractivity contribution is -0.131. The molecule has 0 spiro atoms. The van der Waals surface area contributed by atoms with E-state index in [0.29, 0.717) is 23.0 Å². The van der Waals surface area contributed by atoms with Gasteiger partial charge in [-0.3, -0.25) is 4.79 Å². The molecule has 0 bridgehead atoms. The molecule has 0 aliphatic carbocycles. The van der Waals surface area contributed by atoms with E-state index in [1.807, 2.05) is 17.0 Å². The molecule has 98 valence electrons. The van der Waals surface area contributed by atoms with Gasteiger partial charge in [-0.25, -0.2) is 0 Å². The Morgan fingerprint density at radius 1 is 1.39 bits per heavy atom. The van der Waals surface area contributed by atoms with Crippen LogP contribution in [0.15, 0.2) is 18.2 Å². The maximum Gasteiger partial charge on any atom is 0.224 e. The normalized spacial score (nSPS) is 19.3. The average Bonchev–Trinajstić information content (AvgIpc) is 2.82. The second-order valence-corrected chi connectivity index (χ2v) is 5.27. The van der Waals surface area contributed by atoms with Crippen molar-refractivity contribution in [2.75, 3.05) is 13.1 Å². The molecule has 3 nitrogen and oxygen atoms in total. The first kappa shape index (κ1) is 13.7. The van der Waals surface area contributed by atoms with Crippen LogP contribution in [0.4, 0.5) is 0 Å². The number of rotatable bonds is 3. The van der Waals surface area contributed by atoms with E-state index in [0.717, 1.165) is 24.9 Å². The monoisotopic (exact) mass is 286 g/mol. The Balaban J connectivity index is 2.20. The smallest absolute Gasteiger partial charge is 0.224 e. The Kier molecular flexibility index (Phi) is 4.49. The zero-order valence-electron chi connectivity index (χ0n) is 10.0. The number of benzene rings is 1. The standard InChI is InChI=1S/C13H16Cl2N2O/c14-10-4-3-9(8-11(10)15)12-2-1-7-17(12)13(18)5-6-16/h3-4,8,12H,1-2,5-7,16H2. The van der Waals surface area contributed by atoms with E-state index in [-0.39, 0.29) is 11.9 Å². The lowest BCUT2D eigenvalue weighted by Crippen LogP contribution is -2.31. The van der Waals surface area contributed by atoms with Gasteiger partial charge in [-0.15, -0.1) is 0 Å². The van der Waals surface area contributed by atoms with Crippen LogP contribution in [0.25, 0.3) is 0 Å². The van der Waals surface area contributed by atoms with Gasteiger partial charge in [0.2, 0.25) is 5.91 Å². The van der Waals surface area contributed by atoms with E-state index in [1.165, 1.54) is 0 Å². The first-order chi connectivity index (χ1) is 8.63. The van der Waals surface area contributed by atoms with Crippen molar-refractivity contribution in [1.29, 1.82) is 0 Å². The quantitative estimate of drug-likeness (QED) is 0.929. The lowest BCUT2D eigenvalue weighted by atomic mass is 10.0. The topological polar surface area (TPSA) is 46.3 Å². The summed E-state index contributed by atoms with van der Waals surface area (Å²) in [6, 6.07) is 5.68. The van der Waals surface area contributed by atoms with Gasteiger partial charge in [-0.2, -0.15) is 0 Å². The fourth-order valence-electron chi connectivity index (χ4n) is 2.40. The Labute approximate surface area is 117 Å². The SMILES string of the molecule is NCCC(=O)N1CCCC1c1ccc(Cl)c(Cl)c1. The molecule has 1 fully saturated rings. The van der Waals surface area contributed by atoms with Crippen LogP contribution >= 0.6 is 23.2 Å². The molecule has 18 heavy (non-hydrogen) atoms. The first-order valence-electron chi connectivity index (χ1n) is 6.08. The molecular weight excluding hydrogens is 271 g/mol. The molecule has 1 aromatic rings. The van der Waals surface area contributed by atoms with Gasteiger partial charge >= 0.3 is 0 Å². The van der Waals surface area contributed by atoms with Crippen molar-refractivity contribution in [3.8, 4) is 0 Å². The summed E-state index contributed by atoms with van der Waals surface area (Å²) in [7, 11) is 0. The molecule has 0 saturated carbocycles. The average molecular weight is 287 g/mol. The van der Waals surface area contributed by atoms with Crippen LogP contribution in [0.5, 0.6) is 0 Å². The highest BCUT2D eigenvalue weighted by Gasteiger charge is 2.29. The van der Waals surface area contributed by atoms with Crippen LogP contribution in [0.2, 0.25) is 10.0 Å². The molecule has 1 aromatic carbocycles. The van der Waals surface area contributed by atoms with Crippen molar-refractivity contribution in [3.05, 3.63) is 33.8 Å². The highest BCUT2D eigenvalue weighted by atomic mass is 35.5. The summed E-state index contributed by atoms with van der Waals surface area (Å²) in [5, 5.41) is 1.07. The number of carbonyl (C=O) groups excluding carboxylic acids is 1. The molecule has 5 heteroatoms. The van der Waals surface area contributed by atoms with Crippen molar-refractivity contribution in [1.82, 2.24) is 4.90 Å². The van der Waals surface area contributed by atoms with E-state index in [1.54, 1.807) is 6.07 Å². The van der Waals surface area contributed by atoms with Gasteiger partial charge in [0, 0.05) is 19.5 Å². The van der Waals surface area contributed by atoms with Crippen LogP contribution in [-0.4, -0.2) is 23.9 Å². The Morgan fingerprint density at radius 3 is 2.83 bits per heavy atom. The third-order valence-corrected chi connectivity index (χ3v) is 4.00. The van der Waals surface area contributed by atoms with Gasteiger partial charge in [-0.05, 0) is 30.5 Å². The summed E-state index contributed by atoms with van der Waals surface area (Å²) in [6.07, 6.45) is 2.38. The van der Waals surface area contributed by atoms with Crippen molar-refractivity contribution in [2.45, 2.75) is 25.3 Å². The van der Waals surface area contributed by atoms with Gasteiger partial charge in [-0.1, -0.05) is 29.3 Å². The number of amides is 1. The van der Waals surface area contributed by atoms with E-state index in [2.05, 4.69) is 0 Å². The van der Waals surface area contributed by atoms with Gasteiger partial charge in [0.1, 0.15) is 0 Å². The van der Waals surface area contributed by atoms with Crippen LogP contribution in [0, 0.1) is 0 Å².